The fraction of sp³-hybridized carbons (Fsp3) is 0.359. The Morgan fingerprint density at radius 3 is 2.41 bits per heavy atom. The molecule has 1 saturated carbocycles. The molecule has 15 heteroatoms. The fourth-order valence-corrected chi connectivity index (χ4v) is 8.54. The lowest BCUT2D eigenvalue weighted by Gasteiger charge is -2.35. The summed E-state index contributed by atoms with van der Waals surface area (Å²) in [5.41, 5.74) is -1.04. The lowest BCUT2D eigenvalue weighted by atomic mass is 9.91. The monoisotopic (exact) mass is 778 g/mol. The van der Waals surface area contributed by atoms with E-state index in [1.165, 1.54) is 60.1 Å². The van der Waals surface area contributed by atoms with Crippen LogP contribution < -0.4 is 20.9 Å². The van der Waals surface area contributed by atoms with E-state index in [-0.39, 0.29) is 60.1 Å². The number of amides is 1. The molecule has 3 aromatic heterocycles. The highest BCUT2D eigenvalue weighted by Crippen LogP contribution is 2.38. The zero-order chi connectivity index (χ0) is 38.4. The number of hydrogen-bond acceptors (Lipinski definition) is 12. The summed E-state index contributed by atoms with van der Waals surface area (Å²) in [6, 6.07) is 15.7. The van der Waals surface area contributed by atoms with Crippen molar-refractivity contribution in [2.45, 2.75) is 62.5 Å². The largest absolute Gasteiger partial charge is 0.506 e. The summed E-state index contributed by atoms with van der Waals surface area (Å²) in [4.78, 5) is 43.7. The van der Waals surface area contributed by atoms with Crippen LogP contribution in [0.1, 0.15) is 59.1 Å². The van der Waals surface area contributed by atoms with Gasteiger partial charge < -0.3 is 45.3 Å². The van der Waals surface area contributed by atoms with Gasteiger partial charge in [-0.1, -0.05) is 18.2 Å². The van der Waals surface area contributed by atoms with Crippen LogP contribution in [0.15, 0.2) is 76.2 Å². The highest BCUT2D eigenvalue weighted by atomic mass is 32.1. The molecule has 1 amide bonds. The number of pyridine rings is 1. The maximum Gasteiger partial charge on any atom is 0.349 e. The van der Waals surface area contributed by atoms with Gasteiger partial charge in [0.2, 0.25) is 17.1 Å². The number of fused-ring (bicyclic) bond motifs is 1. The zero-order valence-corrected chi connectivity index (χ0v) is 31.5. The molecule has 1 aliphatic rings. The third-order valence-corrected chi connectivity index (χ3v) is 11.8. The van der Waals surface area contributed by atoms with E-state index in [2.05, 4.69) is 20.5 Å². The average molecular weight is 779 g/mol. The summed E-state index contributed by atoms with van der Waals surface area (Å²) < 4.78 is 26.6. The van der Waals surface area contributed by atoms with Gasteiger partial charge in [-0.25, -0.2) is 9.18 Å². The molecule has 2 aromatic carbocycles. The van der Waals surface area contributed by atoms with Crippen LogP contribution >= 0.6 is 22.7 Å². The molecule has 1 fully saturated rings. The SMILES string of the molecule is COc1cc(NC(=O)CCN(C)C2CCC(OC(=O)C(O)(c3cccs3)c3cccs3)CC2)c(F)cc1CNC[C@H](O)c1ccc(O)c2[nH]c(=O)ccc12. The van der Waals surface area contributed by atoms with Crippen molar-refractivity contribution in [1.82, 2.24) is 15.2 Å². The first-order valence-electron chi connectivity index (χ1n) is 17.6. The first-order valence-corrected chi connectivity index (χ1v) is 19.4. The number of thiophene rings is 2. The summed E-state index contributed by atoms with van der Waals surface area (Å²) in [6.07, 6.45) is 1.54. The highest BCUT2D eigenvalue weighted by Gasteiger charge is 2.45. The molecule has 0 unspecified atom stereocenters. The van der Waals surface area contributed by atoms with Crippen LogP contribution in [-0.4, -0.2) is 76.5 Å². The van der Waals surface area contributed by atoms with Crippen molar-refractivity contribution in [3.05, 3.63) is 108 Å². The number of aromatic hydroxyl groups is 1. The van der Waals surface area contributed by atoms with Crippen molar-refractivity contribution >= 4 is 51.1 Å². The first-order chi connectivity index (χ1) is 26.0. The quantitative estimate of drug-likeness (QED) is 0.0759. The molecule has 1 aliphatic carbocycles. The number of rotatable bonds is 15. The lowest BCUT2D eigenvalue weighted by molar-refractivity contribution is -0.169. The van der Waals surface area contributed by atoms with Crippen LogP contribution in [0.3, 0.4) is 0 Å². The molecular weight excluding hydrogens is 736 g/mol. The van der Waals surface area contributed by atoms with Crippen LogP contribution in [0, 0.1) is 5.82 Å². The van der Waals surface area contributed by atoms with Crippen LogP contribution in [-0.2, 0) is 26.5 Å². The Morgan fingerprint density at radius 1 is 1.06 bits per heavy atom. The second-order valence-electron chi connectivity index (χ2n) is 13.4. The number of nitrogens with one attached hydrogen (secondary N) is 3. The molecule has 0 saturated heterocycles. The number of aliphatic hydroxyl groups excluding tert-OH is 1. The molecule has 286 valence electrons. The Bertz CT molecular complexity index is 2080. The van der Waals surface area contributed by atoms with E-state index in [4.69, 9.17) is 9.47 Å². The van der Waals surface area contributed by atoms with Gasteiger partial charge in [-0.2, -0.15) is 0 Å². The number of aromatic amines is 1. The summed E-state index contributed by atoms with van der Waals surface area (Å²) >= 11 is 2.61. The molecule has 6 rings (SSSR count). The number of aliphatic hydroxyl groups is 2. The number of phenolic OH excluding ortho intramolecular Hbond substituents is 1. The maximum atomic E-state index is 15.2. The minimum atomic E-state index is -1.84. The summed E-state index contributed by atoms with van der Waals surface area (Å²) in [5, 5.41) is 42.4. The number of carbonyl (C=O) groups is 2. The van der Waals surface area contributed by atoms with Crippen LogP contribution in [0.4, 0.5) is 10.1 Å². The molecule has 0 aliphatic heterocycles. The molecule has 3 heterocycles. The van der Waals surface area contributed by atoms with E-state index in [1.54, 1.807) is 30.3 Å². The predicted molar refractivity (Wildman–Crippen MR) is 206 cm³/mol. The fourth-order valence-electron chi connectivity index (χ4n) is 6.83. The molecule has 6 N–H and O–H groups in total. The Kier molecular flexibility index (Phi) is 12.5. The second kappa shape index (κ2) is 17.2. The summed E-state index contributed by atoms with van der Waals surface area (Å²) in [6.45, 7) is 0.665. The van der Waals surface area contributed by atoms with Crippen molar-refractivity contribution in [2.75, 3.05) is 32.6 Å². The van der Waals surface area contributed by atoms with Crippen molar-refractivity contribution in [1.29, 1.82) is 0 Å². The Morgan fingerprint density at radius 2 is 1.76 bits per heavy atom. The number of methoxy groups -OCH3 is 1. The van der Waals surface area contributed by atoms with E-state index in [0.29, 0.717) is 51.4 Å². The van der Waals surface area contributed by atoms with E-state index >= 15 is 4.39 Å². The van der Waals surface area contributed by atoms with Crippen molar-refractivity contribution in [3.8, 4) is 11.5 Å². The third kappa shape index (κ3) is 8.67. The number of anilines is 1. The van der Waals surface area contributed by atoms with Crippen LogP contribution in [0.2, 0.25) is 0 Å². The van der Waals surface area contributed by atoms with Crippen LogP contribution in [0.25, 0.3) is 10.9 Å². The van der Waals surface area contributed by atoms with Gasteiger partial charge in [-0.15, -0.1) is 22.7 Å². The minimum absolute atomic E-state index is 0.0137. The minimum Gasteiger partial charge on any atom is -0.506 e. The number of aromatic nitrogens is 1. The molecular formula is C39H43FN4O8S2. The van der Waals surface area contributed by atoms with Crippen molar-refractivity contribution in [2.24, 2.45) is 0 Å². The highest BCUT2D eigenvalue weighted by molar-refractivity contribution is 7.12. The topological polar surface area (TPSA) is 173 Å². The average Bonchev–Trinajstić information content (AvgIpc) is 3.92. The molecule has 12 nitrogen and oxygen atoms in total. The Labute approximate surface area is 319 Å². The molecule has 5 aromatic rings. The lowest BCUT2D eigenvalue weighted by Crippen LogP contribution is -2.42. The number of phenols is 1. The normalized spacial score (nSPS) is 16.7. The number of esters is 1. The number of benzene rings is 2. The van der Waals surface area contributed by atoms with Gasteiger partial charge in [0.05, 0.1) is 34.2 Å². The van der Waals surface area contributed by atoms with Gasteiger partial charge in [-0.3, -0.25) is 9.59 Å². The number of nitrogens with zero attached hydrogens (tertiary/aromatic N) is 1. The van der Waals surface area contributed by atoms with Gasteiger partial charge >= 0.3 is 5.97 Å². The number of halogens is 1. The van der Waals surface area contributed by atoms with Gasteiger partial charge in [0.1, 0.15) is 23.4 Å². The van der Waals surface area contributed by atoms with Crippen LogP contribution in [0.5, 0.6) is 11.5 Å². The van der Waals surface area contributed by atoms with E-state index < -0.39 is 23.5 Å². The Balaban J connectivity index is 0.965. The standard InChI is InChI=1S/C39H43FN4O8S2/c1-44(24-7-9-25(10-8-24)52-38(49)39(50,33-5-3-17-53-33)34-6-4-18-54-34)16-15-36(48)42-29-20-32(51-2)23(19-28(29)40)21-41-22-31(46)26-11-13-30(45)37-27(26)12-14-35(47)43-37/h3-6,11-14,17-20,24-25,31,41,45-46,50H,7-10,15-16,21-22H2,1-2H3,(H,42,48)(H,43,47)/t24?,25?,31-/m0/s1. The molecule has 0 spiro atoms. The van der Waals surface area contributed by atoms with Crippen molar-refractivity contribution < 1.29 is 38.8 Å². The first kappa shape index (κ1) is 39.1. The van der Waals surface area contributed by atoms with Crippen molar-refractivity contribution in [3.63, 3.8) is 0 Å². The van der Waals surface area contributed by atoms with Gasteiger partial charge in [0, 0.05) is 55.2 Å². The zero-order valence-electron chi connectivity index (χ0n) is 29.8. The van der Waals surface area contributed by atoms with Gasteiger partial charge in [-0.05, 0) is 79.4 Å². The second-order valence-corrected chi connectivity index (χ2v) is 15.3. The molecule has 0 radical (unpaired) electrons. The maximum absolute atomic E-state index is 15.2. The van der Waals surface area contributed by atoms with E-state index in [9.17, 15) is 29.7 Å². The molecule has 54 heavy (non-hydrogen) atoms. The molecule has 1 atom stereocenters. The summed E-state index contributed by atoms with van der Waals surface area (Å²) in [7, 11) is 3.38. The number of ether oxygens (including phenoxy) is 2. The predicted octanol–water partition coefficient (Wildman–Crippen LogP) is 5.38. The van der Waals surface area contributed by atoms with E-state index in [0.717, 1.165) is 12.8 Å². The molecule has 0 bridgehead atoms. The number of H-pyrrole nitrogens is 1. The van der Waals surface area contributed by atoms with Gasteiger partial charge in [0.25, 0.3) is 0 Å². The number of hydrogen-bond donors (Lipinski definition) is 6. The number of carbonyl (C=O) groups excluding carboxylic acids is 2. The summed E-state index contributed by atoms with van der Waals surface area (Å²) in [5.74, 6) is -1.43. The van der Waals surface area contributed by atoms with Gasteiger partial charge in [0.15, 0.2) is 0 Å². The van der Waals surface area contributed by atoms with E-state index in [1.807, 2.05) is 17.8 Å². The third-order valence-electron chi connectivity index (χ3n) is 9.85. The smallest absolute Gasteiger partial charge is 0.349 e. The Hall–Kier alpha value is -4.64.